The van der Waals surface area contributed by atoms with Crippen LogP contribution in [0.15, 0.2) is 0 Å². The molecule has 0 radical (unpaired) electrons. The van der Waals surface area contributed by atoms with Gasteiger partial charge in [0, 0.05) is 25.8 Å². The number of carbonyl (C=O) groups is 3. The summed E-state index contributed by atoms with van der Waals surface area (Å²) in [6.45, 7) is 6.21. The fraction of sp³-hybridized carbons (Fsp3) is 0.727. The Labute approximate surface area is 113 Å². The Morgan fingerprint density at radius 2 is 1.78 bits per heavy atom. The van der Waals surface area contributed by atoms with E-state index < -0.39 is 11.9 Å². The fourth-order valence-electron chi connectivity index (χ4n) is 1.41. The van der Waals surface area contributed by atoms with Gasteiger partial charge in [0.25, 0.3) is 0 Å². The third-order valence-electron chi connectivity index (χ3n) is 2.41. The number of rotatable bonds is 7. The van der Waals surface area contributed by atoms with Gasteiger partial charge in [-0.1, -0.05) is 0 Å². The lowest BCUT2D eigenvalue weighted by Gasteiger charge is -2.20. The Morgan fingerprint density at radius 3 is 2.17 bits per heavy atom. The van der Waals surface area contributed by atoms with Crippen LogP contribution in [0.3, 0.4) is 0 Å². The van der Waals surface area contributed by atoms with Crippen LogP contribution >= 0.6 is 12.6 Å². The van der Waals surface area contributed by atoms with Gasteiger partial charge in [-0.25, -0.2) is 0 Å². The monoisotopic (exact) mass is 275 g/mol. The van der Waals surface area contributed by atoms with Gasteiger partial charge < -0.3 is 15.5 Å². The Hall–Kier alpha value is -1.24. The zero-order valence-corrected chi connectivity index (χ0v) is 11.9. The summed E-state index contributed by atoms with van der Waals surface area (Å²) < 4.78 is 0. The predicted molar refractivity (Wildman–Crippen MR) is 72.4 cm³/mol. The Kier molecular flexibility index (Phi) is 8.19. The second-order valence-corrected chi connectivity index (χ2v) is 4.08. The maximum Gasteiger partial charge on any atom is 0.243 e. The second-order valence-electron chi connectivity index (χ2n) is 3.72. The molecule has 0 aliphatic carbocycles. The molecule has 104 valence electrons. The Bertz CT molecular complexity index is 306. The van der Waals surface area contributed by atoms with Gasteiger partial charge in [-0.05, 0) is 13.8 Å². The molecule has 2 N–H and O–H groups in total. The first-order valence-corrected chi connectivity index (χ1v) is 6.52. The first kappa shape index (κ1) is 16.8. The molecule has 0 aromatic rings. The molecule has 0 rings (SSSR count). The van der Waals surface area contributed by atoms with E-state index in [2.05, 4.69) is 23.3 Å². The summed E-state index contributed by atoms with van der Waals surface area (Å²) in [7, 11) is 0. The molecular weight excluding hydrogens is 254 g/mol. The van der Waals surface area contributed by atoms with Crippen LogP contribution in [0.4, 0.5) is 0 Å². The predicted octanol–water partition coefficient (Wildman–Crippen LogP) is -0.594. The molecule has 0 saturated heterocycles. The minimum absolute atomic E-state index is 0.0651. The van der Waals surface area contributed by atoms with E-state index in [1.54, 1.807) is 4.90 Å². The molecule has 18 heavy (non-hydrogen) atoms. The summed E-state index contributed by atoms with van der Waals surface area (Å²) >= 11 is 3.98. The highest BCUT2D eigenvalue weighted by molar-refractivity contribution is 7.80. The molecular formula is C11H21N3O3S. The summed E-state index contributed by atoms with van der Waals surface area (Å²) in [6.07, 6.45) is 0. The molecule has 0 saturated carbocycles. The minimum atomic E-state index is -0.713. The number of hydrogen-bond donors (Lipinski definition) is 3. The van der Waals surface area contributed by atoms with Gasteiger partial charge in [0.15, 0.2) is 0 Å². The molecule has 6 nitrogen and oxygen atoms in total. The number of hydrogen-bond acceptors (Lipinski definition) is 4. The van der Waals surface area contributed by atoms with Crippen LogP contribution in [0.1, 0.15) is 20.8 Å². The molecule has 0 heterocycles. The summed E-state index contributed by atoms with van der Waals surface area (Å²) in [6, 6.07) is -0.713. The molecule has 1 unspecified atom stereocenters. The van der Waals surface area contributed by atoms with Crippen LogP contribution in [-0.2, 0) is 14.4 Å². The van der Waals surface area contributed by atoms with Crippen molar-refractivity contribution in [2.75, 3.05) is 25.4 Å². The lowest BCUT2D eigenvalue weighted by atomic mass is 10.3. The molecule has 0 spiro atoms. The minimum Gasteiger partial charge on any atom is -0.345 e. The van der Waals surface area contributed by atoms with Crippen LogP contribution < -0.4 is 10.6 Å². The van der Waals surface area contributed by atoms with E-state index in [-0.39, 0.29) is 24.1 Å². The lowest BCUT2D eigenvalue weighted by molar-refractivity contribution is -0.133. The standard InChI is InChI=1S/C11H21N3O3S/c1-4-14(5-2)10(16)6-12-11(17)9(7-18)13-8(3)15/h9,18H,4-7H2,1-3H3,(H,12,17)(H,13,15). The maximum atomic E-state index is 11.7. The third kappa shape index (κ3) is 5.90. The Balaban J connectivity index is 4.22. The molecule has 1 atom stereocenters. The van der Waals surface area contributed by atoms with Crippen molar-refractivity contribution in [1.82, 2.24) is 15.5 Å². The largest absolute Gasteiger partial charge is 0.345 e. The van der Waals surface area contributed by atoms with E-state index in [1.165, 1.54) is 6.92 Å². The quantitative estimate of drug-likeness (QED) is 0.543. The van der Waals surface area contributed by atoms with Crippen LogP contribution in [0.5, 0.6) is 0 Å². The number of nitrogens with zero attached hydrogens (tertiary/aromatic N) is 1. The number of likely N-dealkylation sites (N-methyl/N-ethyl adjacent to an activating group) is 1. The van der Waals surface area contributed by atoms with Crippen LogP contribution in [0.25, 0.3) is 0 Å². The van der Waals surface area contributed by atoms with Crippen molar-refractivity contribution >= 4 is 30.4 Å². The average molecular weight is 275 g/mol. The molecule has 0 bridgehead atoms. The van der Waals surface area contributed by atoms with Gasteiger partial charge in [-0.15, -0.1) is 0 Å². The van der Waals surface area contributed by atoms with Gasteiger partial charge in [-0.3, -0.25) is 14.4 Å². The maximum absolute atomic E-state index is 11.7. The van der Waals surface area contributed by atoms with Crippen molar-refractivity contribution in [3.63, 3.8) is 0 Å². The van der Waals surface area contributed by atoms with E-state index in [1.807, 2.05) is 13.8 Å². The first-order chi connectivity index (χ1) is 8.46. The molecule has 0 aromatic carbocycles. The van der Waals surface area contributed by atoms with Crippen molar-refractivity contribution in [3.8, 4) is 0 Å². The average Bonchev–Trinajstić information content (AvgIpc) is 2.34. The number of thiol groups is 1. The molecule has 0 aliphatic heterocycles. The van der Waals surface area contributed by atoms with Gasteiger partial charge in [-0.2, -0.15) is 12.6 Å². The normalized spacial score (nSPS) is 11.6. The van der Waals surface area contributed by atoms with Gasteiger partial charge in [0.2, 0.25) is 17.7 Å². The van der Waals surface area contributed by atoms with Crippen LogP contribution in [0.2, 0.25) is 0 Å². The smallest absolute Gasteiger partial charge is 0.243 e. The summed E-state index contributed by atoms with van der Waals surface area (Å²) in [5.41, 5.74) is 0. The van der Waals surface area contributed by atoms with Crippen molar-refractivity contribution in [2.24, 2.45) is 0 Å². The van der Waals surface area contributed by atoms with Crippen LogP contribution in [0, 0.1) is 0 Å². The molecule has 3 amide bonds. The molecule has 7 heteroatoms. The zero-order valence-electron chi connectivity index (χ0n) is 11.0. The van der Waals surface area contributed by atoms with Crippen LogP contribution in [-0.4, -0.2) is 54.1 Å². The SMILES string of the molecule is CCN(CC)C(=O)CNC(=O)C(CS)NC(C)=O. The van der Waals surface area contributed by atoms with Crippen molar-refractivity contribution in [3.05, 3.63) is 0 Å². The Morgan fingerprint density at radius 1 is 1.22 bits per heavy atom. The fourth-order valence-corrected chi connectivity index (χ4v) is 1.67. The lowest BCUT2D eigenvalue weighted by Crippen LogP contribution is -2.50. The highest BCUT2D eigenvalue weighted by atomic mass is 32.1. The zero-order chi connectivity index (χ0) is 14.1. The first-order valence-electron chi connectivity index (χ1n) is 5.89. The van der Waals surface area contributed by atoms with Gasteiger partial charge in [0.05, 0.1) is 6.54 Å². The van der Waals surface area contributed by atoms with E-state index >= 15 is 0 Å². The van der Waals surface area contributed by atoms with E-state index in [4.69, 9.17) is 0 Å². The van der Waals surface area contributed by atoms with E-state index in [0.29, 0.717) is 13.1 Å². The van der Waals surface area contributed by atoms with Crippen molar-refractivity contribution in [1.29, 1.82) is 0 Å². The van der Waals surface area contributed by atoms with Gasteiger partial charge >= 0.3 is 0 Å². The summed E-state index contributed by atoms with van der Waals surface area (Å²) in [4.78, 5) is 35.8. The number of carbonyl (C=O) groups excluding carboxylic acids is 3. The second kappa shape index (κ2) is 8.79. The van der Waals surface area contributed by atoms with Gasteiger partial charge in [0.1, 0.15) is 6.04 Å². The highest BCUT2D eigenvalue weighted by Crippen LogP contribution is 1.91. The van der Waals surface area contributed by atoms with Crippen molar-refractivity contribution < 1.29 is 14.4 Å². The van der Waals surface area contributed by atoms with E-state index in [0.717, 1.165) is 0 Å². The van der Waals surface area contributed by atoms with E-state index in [9.17, 15) is 14.4 Å². The number of amides is 3. The summed E-state index contributed by atoms with van der Waals surface area (Å²) in [5.74, 6) is -0.667. The number of nitrogens with one attached hydrogen (secondary N) is 2. The topological polar surface area (TPSA) is 78.5 Å². The summed E-state index contributed by atoms with van der Waals surface area (Å²) in [5, 5.41) is 4.95. The molecule has 0 aliphatic rings. The van der Waals surface area contributed by atoms with Crippen molar-refractivity contribution in [2.45, 2.75) is 26.8 Å². The highest BCUT2D eigenvalue weighted by Gasteiger charge is 2.19. The third-order valence-corrected chi connectivity index (χ3v) is 2.77. The molecule has 0 fully saturated rings. The molecule has 0 aromatic heterocycles.